The smallest absolute Gasteiger partial charge is 0.267 e. The first-order valence-electron chi connectivity index (χ1n) is 5.49. The normalized spacial score (nSPS) is 11.0. The summed E-state index contributed by atoms with van der Waals surface area (Å²) < 4.78 is 1.48. The van der Waals surface area contributed by atoms with Gasteiger partial charge in [-0.25, -0.2) is 4.68 Å². The minimum Gasteiger partial charge on any atom is -0.314 e. The average Bonchev–Trinajstić information content (AvgIpc) is 2.20. The Kier molecular flexibility index (Phi) is 5.14. The second-order valence-corrected chi connectivity index (χ2v) is 4.15. The number of nitrogens with zero attached hydrogens (tertiary/aromatic N) is 3. The number of hydrogen-bond acceptors (Lipinski definition) is 4. The van der Waals surface area contributed by atoms with Crippen molar-refractivity contribution in [3.8, 4) is 0 Å². The first kappa shape index (κ1) is 12.9. The molecule has 0 fully saturated rings. The van der Waals surface area contributed by atoms with Gasteiger partial charge in [-0.15, -0.1) is 0 Å². The highest BCUT2D eigenvalue weighted by Gasteiger charge is 1.97. The molecule has 90 valence electrons. The Labute approximate surface area is 96.1 Å². The van der Waals surface area contributed by atoms with Crippen LogP contribution in [0.2, 0.25) is 0 Å². The van der Waals surface area contributed by atoms with Crippen molar-refractivity contribution >= 4 is 0 Å². The first-order chi connectivity index (χ1) is 7.59. The molecule has 5 nitrogen and oxygen atoms in total. The minimum atomic E-state index is -0.0330. The maximum absolute atomic E-state index is 11.5. The van der Waals surface area contributed by atoms with Gasteiger partial charge in [0.05, 0.1) is 12.7 Å². The lowest BCUT2D eigenvalue weighted by Gasteiger charge is -2.10. The fraction of sp³-hybridized carbons (Fsp3) is 0.636. The molecular weight excluding hydrogens is 204 g/mol. The fourth-order valence-electron chi connectivity index (χ4n) is 1.30. The van der Waals surface area contributed by atoms with Crippen molar-refractivity contribution in [2.24, 2.45) is 0 Å². The Morgan fingerprint density at radius 2 is 2.19 bits per heavy atom. The van der Waals surface area contributed by atoms with Crippen LogP contribution in [-0.4, -0.2) is 48.4 Å². The van der Waals surface area contributed by atoms with E-state index in [2.05, 4.69) is 15.3 Å². The van der Waals surface area contributed by atoms with Crippen LogP contribution in [0.1, 0.15) is 5.56 Å². The number of likely N-dealkylation sites (N-methyl/N-ethyl adjacent to an activating group) is 1. The zero-order valence-corrected chi connectivity index (χ0v) is 10.2. The standard InChI is InChI=1S/C11H20N4O/c1-10-8-11(16)15(13-9-10)7-5-12-4-6-14(2)3/h8-9,12H,4-7H2,1-3H3. The van der Waals surface area contributed by atoms with Crippen molar-refractivity contribution in [2.45, 2.75) is 13.5 Å². The van der Waals surface area contributed by atoms with Gasteiger partial charge in [0.1, 0.15) is 0 Å². The van der Waals surface area contributed by atoms with E-state index in [1.165, 1.54) is 4.68 Å². The van der Waals surface area contributed by atoms with Crippen molar-refractivity contribution in [1.82, 2.24) is 20.0 Å². The Balaban J connectivity index is 2.30. The highest BCUT2D eigenvalue weighted by atomic mass is 16.1. The van der Waals surface area contributed by atoms with E-state index in [9.17, 15) is 4.79 Å². The lowest BCUT2D eigenvalue weighted by atomic mass is 10.3. The van der Waals surface area contributed by atoms with Crippen LogP contribution in [-0.2, 0) is 6.54 Å². The summed E-state index contributed by atoms with van der Waals surface area (Å²) in [6.07, 6.45) is 1.71. The van der Waals surface area contributed by atoms with E-state index in [0.29, 0.717) is 6.54 Å². The second-order valence-electron chi connectivity index (χ2n) is 4.15. The van der Waals surface area contributed by atoms with Gasteiger partial charge in [-0.05, 0) is 26.6 Å². The van der Waals surface area contributed by atoms with Crippen LogP contribution in [0, 0.1) is 6.92 Å². The molecule has 0 unspecified atom stereocenters. The Bertz CT molecular complexity index is 372. The molecule has 0 aliphatic heterocycles. The molecule has 0 amide bonds. The molecule has 0 aliphatic carbocycles. The Morgan fingerprint density at radius 3 is 2.81 bits per heavy atom. The maximum Gasteiger partial charge on any atom is 0.267 e. The fourth-order valence-corrected chi connectivity index (χ4v) is 1.30. The number of aromatic nitrogens is 2. The molecule has 1 aromatic rings. The van der Waals surface area contributed by atoms with Crippen molar-refractivity contribution in [3.63, 3.8) is 0 Å². The zero-order chi connectivity index (χ0) is 12.0. The summed E-state index contributed by atoms with van der Waals surface area (Å²) in [7, 11) is 4.07. The van der Waals surface area contributed by atoms with Gasteiger partial charge in [0, 0.05) is 25.7 Å². The summed E-state index contributed by atoms with van der Waals surface area (Å²) in [5, 5.41) is 7.33. The van der Waals surface area contributed by atoms with Gasteiger partial charge in [-0.1, -0.05) is 0 Å². The van der Waals surface area contributed by atoms with Gasteiger partial charge in [0.2, 0.25) is 0 Å². The van der Waals surface area contributed by atoms with Gasteiger partial charge >= 0.3 is 0 Å². The molecule has 0 bridgehead atoms. The van der Waals surface area contributed by atoms with Crippen LogP contribution >= 0.6 is 0 Å². The van der Waals surface area contributed by atoms with Crippen LogP contribution in [0.3, 0.4) is 0 Å². The van der Waals surface area contributed by atoms with Crippen LogP contribution in [0.5, 0.6) is 0 Å². The summed E-state index contributed by atoms with van der Waals surface area (Å²) >= 11 is 0. The van der Waals surface area contributed by atoms with Crippen LogP contribution < -0.4 is 10.9 Å². The lowest BCUT2D eigenvalue weighted by Crippen LogP contribution is -2.32. The molecule has 0 aromatic carbocycles. The summed E-state index contributed by atoms with van der Waals surface area (Å²) in [5.74, 6) is 0. The zero-order valence-electron chi connectivity index (χ0n) is 10.2. The van der Waals surface area contributed by atoms with E-state index in [0.717, 1.165) is 25.2 Å². The topological polar surface area (TPSA) is 50.2 Å². The van der Waals surface area contributed by atoms with Crippen molar-refractivity contribution < 1.29 is 0 Å². The SMILES string of the molecule is Cc1cnn(CCNCCN(C)C)c(=O)c1. The van der Waals surface area contributed by atoms with E-state index in [-0.39, 0.29) is 5.56 Å². The molecule has 0 aliphatic rings. The molecule has 0 saturated carbocycles. The van der Waals surface area contributed by atoms with Gasteiger partial charge in [-0.2, -0.15) is 5.10 Å². The average molecular weight is 224 g/mol. The summed E-state index contributed by atoms with van der Waals surface area (Å²) in [6.45, 7) is 5.17. The van der Waals surface area contributed by atoms with Gasteiger partial charge in [0.25, 0.3) is 5.56 Å². The predicted octanol–water partition coefficient (Wildman–Crippen LogP) is -0.297. The Morgan fingerprint density at radius 1 is 1.44 bits per heavy atom. The molecule has 5 heteroatoms. The van der Waals surface area contributed by atoms with E-state index in [1.807, 2.05) is 21.0 Å². The predicted molar refractivity (Wildman–Crippen MR) is 64.7 cm³/mol. The van der Waals surface area contributed by atoms with Gasteiger partial charge in [0.15, 0.2) is 0 Å². The summed E-state index contributed by atoms with van der Waals surface area (Å²) in [5.41, 5.74) is 0.872. The summed E-state index contributed by atoms with van der Waals surface area (Å²) in [4.78, 5) is 13.6. The summed E-state index contributed by atoms with van der Waals surface area (Å²) in [6, 6.07) is 1.60. The van der Waals surface area contributed by atoms with E-state index >= 15 is 0 Å². The molecule has 1 aromatic heterocycles. The molecule has 0 saturated heterocycles. The van der Waals surface area contributed by atoms with Crippen LogP contribution in [0.25, 0.3) is 0 Å². The van der Waals surface area contributed by atoms with Crippen LogP contribution in [0.4, 0.5) is 0 Å². The lowest BCUT2D eigenvalue weighted by molar-refractivity contribution is 0.395. The molecule has 1 heterocycles. The maximum atomic E-state index is 11.5. The molecular formula is C11H20N4O. The minimum absolute atomic E-state index is 0.0330. The van der Waals surface area contributed by atoms with Gasteiger partial charge in [-0.3, -0.25) is 4.79 Å². The molecule has 0 spiro atoms. The third-order valence-corrected chi connectivity index (χ3v) is 2.24. The van der Waals surface area contributed by atoms with E-state index in [1.54, 1.807) is 12.3 Å². The number of aryl methyl sites for hydroxylation is 1. The number of hydrogen-bond donors (Lipinski definition) is 1. The molecule has 0 atom stereocenters. The van der Waals surface area contributed by atoms with Crippen molar-refractivity contribution in [2.75, 3.05) is 33.7 Å². The number of nitrogens with one attached hydrogen (secondary N) is 1. The van der Waals surface area contributed by atoms with E-state index < -0.39 is 0 Å². The van der Waals surface area contributed by atoms with Crippen molar-refractivity contribution in [3.05, 3.63) is 28.2 Å². The van der Waals surface area contributed by atoms with E-state index in [4.69, 9.17) is 0 Å². The van der Waals surface area contributed by atoms with Crippen molar-refractivity contribution in [1.29, 1.82) is 0 Å². The molecule has 16 heavy (non-hydrogen) atoms. The van der Waals surface area contributed by atoms with Gasteiger partial charge < -0.3 is 10.2 Å². The quantitative estimate of drug-likeness (QED) is 0.674. The monoisotopic (exact) mass is 224 g/mol. The number of rotatable bonds is 6. The second kappa shape index (κ2) is 6.40. The first-order valence-corrected chi connectivity index (χ1v) is 5.49. The highest BCUT2D eigenvalue weighted by molar-refractivity contribution is 5.02. The molecule has 1 rings (SSSR count). The largest absolute Gasteiger partial charge is 0.314 e. The third kappa shape index (κ3) is 4.55. The third-order valence-electron chi connectivity index (χ3n) is 2.24. The Hall–Kier alpha value is -1.20. The molecule has 1 N–H and O–H groups in total. The highest BCUT2D eigenvalue weighted by Crippen LogP contribution is 1.85. The molecule has 0 radical (unpaired) electrons. The van der Waals surface area contributed by atoms with Crippen LogP contribution in [0.15, 0.2) is 17.1 Å².